The third-order valence-corrected chi connectivity index (χ3v) is 4.08. The first-order valence-electron chi connectivity index (χ1n) is 7.13. The third kappa shape index (κ3) is 3.33. The molecule has 2 heterocycles. The second kappa shape index (κ2) is 6.60. The Hall–Kier alpha value is -2.05. The van der Waals surface area contributed by atoms with Crippen LogP contribution < -0.4 is 5.32 Å². The zero-order chi connectivity index (χ0) is 16.4. The quantitative estimate of drug-likeness (QED) is 0.857. The van der Waals surface area contributed by atoms with E-state index in [1.807, 2.05) is 12.1 Å². The number of carbonyl (C=O) groups excluding carboxylic acids is 1. The minimum absolute atomic E-state index is 0.0957. The molecule has 2 aromatic rings. The highest BCUT2D eigenvalue weighted by Crippen LogP contribution is 2.23. The van der Waals surface area contributed by atoms with E-state index in [0.717, 1.165) is 17.7 Å². The molecule has 23 heavy (non-hydrogen) atoms. The number of hydrogen-bond donors (Lipinski definition) is 1. The minimum atomic E-state index is -0.821. The average molecular weight is 338 g/mol. The van der Waals surface area contributed by atoms with E-state index in [1.165, 1.54) is 4.90 Å². The Morgan fingerprint density at radius 1 is 1.35 bits per heavy atom. The number of rotatable bonds is 2. The first kappa shape index (κ1) is 15.8. The second-order valence-electron chi connectivity index (χ2n) is 5.29. The standard InChI is InChI=1S/C16H14ClF2N3O/c17-12-7-13(18)11(6-14(12)19)16(23)22-5-4-21-15(9-22)10-2-1-3-20-8-10/h1-3,6-8,15,21H,4-5,9H2. The Morgan fingerprint density at radius 2 is 2.17 bits per heavy atom. The molecular formula is C16H14ClF2N3O. The van der Waals surface area contributed by atoms with Crippen molar-refractivity contribution < 1.29 is 13.6 Å². The Kier molecular flexibility index (Phi) is 4.54. The Balaban J connectivity index is 1.81. The predicted molar refractivity (Wildman–Crippen MR) is 82.3 cm³/mol. The number of hydrogen-bond acceptors (Lipinski definition) is 3. The molecule has 0 spiro atoms. The molecule has 1 aliphatic rings. The highest BCUT2D eigenvalue weighted by atomic mass is 35.5. The van der Waals surface area contributed by atoms with Crippen molar-refractivity contribution in [3.05, 3.63) is 64.4 Å². The van der Waals surface area contributed by atoms with E-state index < -0.39 is 17.5 Å². The molecule has 1 aliphatic heterocycles. The molecule has 120 valence electrons. The lowest BCUT2D eigenvalue weighted by atomic mass is 10.1. The van der Waals surface area contributed by atoms with E-state index >= 15 is 0 Å². The number of aromatic nitrogens is 1. The molecule has 0 saturated carbocycles. The molecule has 3 rings (SSSR count). The number of pyridine rings is 1. The van der Waals surface area contributed by atoms with E-state index in [-0.39, 0.29) is 16.6 Å². The minimum Gasteiger partial charge on any atom is -0.335 e. The molecule has 1 atom stereocenters. The molecule has 1 aromatic heterocycles. The SMILES string of the molecule is O=C(c1cc(F)c(Cl)cc1F)N1CCNC(c2cccnc2)C1. The highest BCUT2D eigenvalue weighted by molar-refractivity contribution is 6.30. The van der Waals surface area contributed by atoms with Crippen LogP contribution in [0.25, 0.3) is 0 Å². The fourth-order valence-corrected chi connectivity index (χ4v) is 2.75. The lowest BCUT2D eigenvalue weighted by Crippen LogP contribution is -2.48. The van der Waals surface area contributed by atoms with Crippen molar-refractivity contribution in [1.82, 2.24) is 15.2 Å². The molecule has 0 radical (unpaired) electrons. The van der Waals surface area contributed by atoms with E-state index in [4.69, 9.17) is 11.6 Å². The van der Waals surface area contributed by atoms with E-state index in [9.17, 15) is 13.6 Å². The highest BCUT2D eigenvalue weighted by Gasteiger charge is 2.27. The van der Waals surface area contributed by atoms with Crippen LogP contribution in [0.3, 0.4) is 0 Å². The summed E-state index contributed by atoms with van der Waals surface area (Å²) >= 11 is 5.52. The van der Waals surface area contributed by atoms with Crippen LogP contribution in [-0.2, 0) is 0 Å². The van der Waals surface area contributed by atoms with Crippen molar-refractivity contribution in [2.75, 3.05) is 19.6 Å². The average Bonchev–Trinajstić information content (AvgIpc) is 2.58. The fourth-order valence-electron chi connectivity index (χ4n) is 2.60. The number of benzene rings is 1. The summed E-state index contributed by atoms with van der Waals surface area (Å²) in [6.07, 6.45) is 3.38. The van der Waals surface area contributed by atoms with Gasteiger partial charge in [0.1, 0.15) is 11.6 Å². The van der Waals surface area contributed by atoms with Crippen molar-refractivity contribution in [2.24, 2.45) is 0 Å². The number of piperazine rings is 1. The molecule has 1 N–H and O–H groups in total. The van der Waals surface area contributed by atoms with Crippen LogP contribution in [0.2, 0.25) is 5.02 Å². The van der Waals surface area contributed by atoms with Gasteiger partial charge in [-0.3, -0.25) is 9.78 Å². The van der Waals surface area contributed by atoms with E-state index in [0.29, 0.717) is 19.6 Å². The van der Waals surface area contributed by atoms with E-state index in [2.05, 4.69) is 10.3 Å². The van der Waals surface area contributed by atoms with Crippen LogP contribution in [0.1, 0.15) is 22.0 Å². The van der Waals surface area contributed by atoms with Crippen LogP contribution in [0.4, 0.5) is 8.78 Å². The first-order valence-corrected chi connectivity index (χ1v) is 7.51. The smallest absolute Gasteiger partial charge is 0.257 e. The lowest BCUT2D eigenvalue weighted by molar-refractivity contribution is 0.0697. The van der Waals surface area contributed by atoms with Crippen LogP contribution in [0.15, 0.2) is 36.7 Å². The maximum atomic E-state index is 13.9. The van der Waals surface area contributed by atoms with Crippen molar-refractivity contribution in [3.8, 4) is 0 Å². The van der Waals surface area contributed by atoms with Gasteiger partial charge < -0.3 is 10.2 Å². The molecule has 1 aromatic carbocycles. The van der Waals surface area contributed by atoms with Gasteiger partial charge in [0.05, 0.1) is 16.6 Å². The molecule has 1 fully saturated rings. The Bertz CT molecular complexity index is 727. The molecule has 1 unspecified atom stereocenters. The second-order valence-corrected chi connectivity index (χ2v) is 5.70. The van der Waals surface area contributed by atoms with Crippen molar-refractivity contribution in [2.45, 2.75) is 6.04 Å². The predicted octanol–water partition coefficient (Wildman–Crippen LogP) is 2.80. The summed E-state index contributed by atoms with van der Waals surface area (Å²) in [4.78, 5) is 18.0. The van der Waals surface area contributed by atoms with Crippen LogP contribution in [0, 0.1) is 11.6 Å². The molecule has 1 amide bonds. The number of amides is 1. The van der Waals surface area contributed by atoms with Crippen LogP contribution in [-0.4, -0.2) is 35.4 Å². The van der Waals surface area contributed by atoms with Gasteiger partial charge in [-0.1, -0.05) is 17.7 Å². The summed E-state index contributed by atoms with van der Waals surface area (Å²) in [5.74, 6) is -2.18. The normalized spacial score (nSPS) is 18.0. The molecule has 1 saturated heterocycles. The lowest BCUT2D eigenvalue weighted by Gasteiger charge is -2.34. The maximum absolute atomic E-state index is 13.9. The maximum Gasteiger partial charge on any atom is 0.257 e. The van der Waals surface area contributed by atoms with Crippen LogP contribution >= 0.6 is 11.6 Å². The summed E-state index contributed by atoms with van der Waals surface area (Å²) in [6.45, 7) is 1.33. The van der Waals surface area contributed by atoms with Gasteiger partial charge in [0, 0.05) is 32.0 Å². The number of nitrogens with zero attached hydrogens (tertiary/aromatic N) is 2. The van der Waals surface area contributed by atoms with Gasteiger partial charge in [-0.2, -0.15) is 0 Å². The summed E-state index contributed by atoms with van der Waals surface area (Å²) in [6, 6.07) is 5.29. The number of carbonyl (C=O) groups is 1. The monoisotopic (exact) mass is 337 g/mol. The zero-order valence-electron chi connectivity index (χ0n) is 12.1. The Labute approximate surface area is 137 Å². The largest absolute Gasteiger partial charge is 0.335 e. The fraction of sp³-hybridized carbons (Fsp3) is 0.250. The zero-order valence-corrected chi connectivity index (χ0v) is 12.9. The van der Waals surface area contributed by atoms with Crippen molar-refractivity contribution in [3.63, 3.8) is 0 Å². The topological polar surface area (TPSA) is 45.2 Å². The molecule has 7 heteroatoms. The third-order valence-electron chi connectivity index (χ3n) is 3.79. The summed E-state index contributed by atoms with van der Waals surface area (Å²) in [5, 5.41) is 2.94. The summed E-state index contributed by atoms with van der Waals surface area (Å²) in [7, 11) is 0. The van der Waals surface area contributed by atoms with Gasteiger partial charge in [0.15, 0.2) is 0 Å². The summed E-state index contributed by atoms with van der Waals surface area (Å²) < 4.78 is 27.5. The molecule has 0 bridgehead atoms. The molecule has 4 nitrogen and oxygen atoms in total. The number of nitrogens with one attached hydrogen (secondary N) is 1. The van der Waals surface area contributed by atoms with Gasteiger partial charge in [-0.25, -0.2) is 8.78 Å². The summed E-state index contributed by atoms with van der Waals surface area (Å²) in [5.41, 5.74) is 0.631. The molecular weight excluding hydrogens is 324 g/mol. The van der Waals surface area contributed by atoms with Gasteiger partial charge in [-0.15, -0.1) is 0 Å². The van der Waals surface area contributed by atoms with Crippen molar-refractivity contribution in [1.29, 1.82) is 0 Å². The van der Waals surface area contributed by atoms with Crippen LogP contribution in [0.5, 0.6) is 0 Å². The van der Waals surface area contributed by atoms with Gasteiger partial charge in [0.2, 0.25) is 0 Å². The van der Waals surface area contributed by atoms with Gasteiger partial charge in [-0.05, 0) is 23.8 Å². The Morgan fingerprint density at radius 3 is 2.91 bits per heavy atom. The number of halogens is 3. The van der Waals surface area contributed by atoms with Crippen molar-refractivity contribution >= 4 is 17.5 Å². The van der Waals surface area contributed by atoms with Gasteiger partial charge >= 0.3 is 0 Å². The first-order chi connectivity index (χ1) is 11.1. The molecule has 0 aliphatic carbocycles. The van der Waals surface area contributed by atoms with Gasteiger partial charge in [0.25, 0.3) is 5.91 Å². The van der Waals surface area contributed by atoms with E-state index in [1.54, 1.807) is 12.4 Å².